The van der Waals surface area contributed by atoms with Crippen LogP contribution in [0, 0.1) is 10.1 Å². The Kier molecular flexibility index (Phi) is 6.42. The second kappa shape index (κ2) is 9.27. The van der Waals surface area contributed by atoms with E-state index in [2.05, 4.69) is 34.7 Å². The monoisotopic (exact) mass is 454 g/mol. The highest BCUT2D eigenvalue weighted by molar-refractivity contribution is 5.89. The van der Waals surface area contributed by atoms with Crippen LogP contribution in [0.1, 0.15) is 31.2 Å². The Hall–Kier alpha value is -3.33. The Morgan fingerprint density at radius 1 is 1.12 bits per heavy atom. The number of non-ortho nitro benzene ring substituents is 1. The van der Waals surface area contributed by atoms with Crippen LogP contribution in [0.5, 0.6) is 11.5 Å². The van der Waals surface area contributed by atoms with Crippen LogP contribution in [0.25, 0.3) is 0 Å². The lowest BCUT2D eigenvalue weighted by atomic mass is 9.65. The van der Waals surface area contributed by atoms with E-state index in [-0.39, 0.29) is 23.2 Å². The molecule has 2 amide bonds. The molecule has 0 bridgehead atoms. The van der Waals surface area contributed by atoms with Gasteiger partial charge in [-0.25, -0.2) is 4.79 Å². The molecule has 3 unspecified atom stereocenters. The fourth-order valence-electron chi connectivity index (χ4n) is 5.41. The fraction of sp³-hybridized carbons (Fsp3) is 0.458. The first-order valence-electron chi connectivity index (χ1n) is 11.1. The predicted octanol–water partition coefficient (Wildman–Crippen LogP) is 3.93. The number of likely N-dealkylation sites (tertiary alicyclic amines) is 1. The number of benzene rings is 2. The van der Waals surface area contributed by atoms with Crippen molar-refractivity contribution < 1.29 is 19.2 Å². The summed E-state index contributed by atoms with van der Waals surface area (Å²) in [5.74, 6) is 1.46. The van der Waals surface area contributed by atoms with Crippen molar-refractivity contribution in [3.05, 3.63) is 58.1 Å². The summed E-state index contributed by atoms with van der Waals surface area (Å²) in [6, 6.07) is 12.1. The lowest BCUT2D eigenvalue weighted by Gasteiger charge is -2.45. The lowest BCUT2D eigenvalue weighted by molar-refractivity contribution is -0.384. The number of urea groups is 1. The van der Waals surface area contributed by atoms with Gasteiger partial charge in [0.15, 0.2) is 11.5 Å². The van der Waals surface area contributed by atoms with Crippen molar-refractivity contribution in [1.29, 1.82) is 0 Å². The minimum Gasteiger partial charge on any atom is -0.493 e. The van der Waals surface area contributed by atoms with E-state index in [0.29, 0.717) is 11.7 Å². The third kappa shape index (κ3) is 4.45. The molecule has 176 valence electrons. The predicted molar refractivity (Wildman–Crippen MR) is 125 cm³/mol. The Morgan fingerprint density at radius 3 is 2.52 bits per heavy atom. The maximum absolute atomic E-state index is 12.6. The summed E-state index contributed by atoms with van der Waals surface area (Å²) >= 11 is 0. The summed E-state index contributed by atoms with van der Waals surface area (Å²) in [5, 5.41) is 16.7. The van der Waals surface area contributed by atoms with Gasteiger partial charge in [0.2, 0.25) is 0 Å². The third-order valence-electron chi connectivity index (χ3n) is 7.16. The van der Waals surface area contributed by atoms with Crippen molar-refractivity contribution in [2.45, 2.75) is 43.2 Å². The van der Waals surface area contributed by atoms with Crippen LogP contribution in [-0.4, -0.2) is 55.8 Å². The van der Waals surface area contributed by atoms with Crippen LogP contribution in [0.2, 0.25) is 0 Å². The molecule has 4 rings (SSSR count). The summed E-state index contributed by atoms with van der Waals surface area (Å²) < 4.78 is 11.0. The minimum absolute atomic E-state index is 0.0102. The number of nitro groups is 1. The number of hydrogen-bond acceptors (Lipinski definition) is 6. The zero-order valence-corrected chi connectivity index (χ0v) is 19.2. The van der Waals surface area contributed by atoms with Gasteiger partial charge >= 0.3 is 6.03 Å². The maximum Gasteiger partial charge on any atom is 0.319 e. The van der Waals surface area contributed by atoms with Crippen LogP contribution in [-0.2, 0) is 5.41 Å². The zero-order chi connectivity index (χ0) is 23.6. The second-order valence-corrected chi connectivity index (χ2v) is 8.85. The smallest absolute Gasteiger partial charge is 0.319 e. The van der Waals surface area contributed by atoms with Gasteiger partial charge in [0.25, 0.3) is 5.69 Å². The fourth-order valence-corrected chi connectivity index (χ4v) is 5.41. The van der Waals surface area contributed by atoms with E-state index >= 15 is 0 Å². The van der Waals surface area contributed by atoms with Crippen LogP contribution in [0.3, 0.4) is 0 Å². The van der Waals surface area contributed by atoms with Gasteiger partial charge in [-0.05, 0) is 69.1 Å². The van der Waals surface area contributed by atoms with Crippen molar-refractivity contribution in [3.8, 4) is 11.5 Å². The first-order chi connectivity index (χ1) is 15.9. The number of carbonyl (C=O) groups is 1. The molecule has 0 spiro atoms. The highest BCUT2D eigenvalue weighted by Crippen LogP contribution is 2.49. The van der Waals surface area contributed by atoms with Crippen molar-refractivity contribution in [2.75, 3.05) is 33.1 Å². The normalized spacial score (nSPS) is 24.6. The number of nitrogens with one attached hydrogen (secondary N) is 2. The number of rotatable bonds is 6. The summed E-state index contributed by atoms with van der Waals surface area (Å²) in [5.41, 5.74) is 1.78. The molecular weight excluding hydrogens is 424 g/mol. The summed E-state index contributed by atoms with van der Waals surface area (Å²) in [7, 11) is 5.44. The molecule has 3 atom stereocenters. The number of ether oxygens (including phenoxy) is 2. The number of hydrogen-bond donors (Lipinski definition) is 2. The molecule has 0 aromatic heterocycles. The molecule has 2 aromatic carbocycles. The number of amides is 2. The van der Waals surface area contributed by atoms with Crippen LogP contribution in [0.15, 0.2) is 42.5 Å². The number of methoxy groups -OCH3 is 2. The Morgan fingerprint density at radius 2 is 1.85 bits per heavy atom. The molecule has 2 fully saturated rings. The number of carbonyl (C=O) groups excluding carboxylic acids is 1. The number of anilines is 1. The molecule has 9 nitrogen and oxygen atoms in total. The SMILES string of the molecule is COc1ccc(C23CCC(NC(=O)Nc4ccc([N+](=O)[O-])cc4)CC2N(C)CC3)cc1OC. The van der Waals surface area contributed by atoms with E-state index in [1.807, 2.05) is 6.07 Å². The molecule has 2 aromatic rings. The maximum atomic E-state index is 12.6. The Bertz CT molecular complexity index is 1030. The van der Waals surface area contributed by atoms with Crippen LogP contribution >= 0.6 is 0 Å². The van der Waals surface area contributed by atoms with E-state index in [9.17, 15) is 14.9 Å². The quantitative estimate of drug-likeness (QED) is 0.506. The summed E-state index contributed by atoms with van der Waals surface area (Å²) in [6.45, 7) is 1.00. The standard InChI is InChI=1S/C24H30N4O5/c1-27-13-12-24(16-4-9-20(32-2)21(14-16)33-3)11-10-18(15-22(24)27)26-23(29)25-17-5-7-19(8-6-17)28(30)31/h4-9,14,18,22H,10-13,15H2,1-3H3,(H2,25,26,29). The minimum atomic E-state index is -0.464. The highest BCUT2D eigenvalue weighted by Gasteiger charge is 2.50. The number of nitrogens with zero attached hydrogens (tertiary/aromatic N) is 2. The largest absolute Gasteiger partial charge is 0.493 e. The molecule has 0 radical (unpaired) electrons. The van der Waals surface area contributed by atoms with Gasteiger partial charge in [0.1, 0.15) is 0 Å². The second-order valence-electron chi connectivity index (χ2n) is 8.85. The van der Waals surface area contributed by atoms with E-state index in [1.54, 1.807) is 14.2 Å². The van der Waals surface area contributed by atoms with Crippen LogP contribution in [0.4, 0.5) is 16.2 Å². The molecule has 1 heterocycles. The van der Waals surface area contributed by atoms with Gasteiger partial charge in [-0.2, -0.15) is 0 Å². The molecule has 33 heavy (non-hydrogen) atoms. The Balaban J connectivity index is 1.45. The van der Waals surface area contributed by atoms with Gasteiger partial charge in [0, 0.05) is 35.3 Å². The first-order valence-corrected chi connectivity index (χ1v) is 11.1. The average molecular weight is 455 g/mol. The van der Waals surface area contributed by atoms with Gasteiger partial charge in [0.05, 0.1) is 19.1 Å². The van der Waals surface area contributed by atoms with Crippen molar-refractivity contribution in [3.63, 3.8) is 0 Å². The van der Waals surface area contributed by atoms with Crippen LogP contribution < -0.4 is 20.1 Å². The van der Waals surface area contributed by atoms with E-state index < -0.39 is 4.92 Å². The third-order valence-corrected chi connectivity index (χ3v) is 7.16. The van der Waals surface area contributed by atoms with Gasteiger partial charge in [-0.15, -0.1) is 0 Å². The summed E-state index contributed by atoms with van der Waals surface area (Å²) in [4.78, 5) is 25.3. The molecule has 1 saturated carbocycles. The topological polar surface area (TPSA) is 106 Å². The summed E-state index contributed by atoms with van der Waals surface area (Å²) in [6.07, 6.45) is 3.73. The molecule has 2 aliphatic rings. The van der Waals surface area contributed by atoms with E-state index in [4.69, 9.17) is 9.47 Å². The van der Waals surface area contributed by atoms with Crippen molar-refractivity contribution >= 4 is 17.4 Å². The molecule has 1 aliphatic heterocycles. The average Bonchev–Trinajstić information content (AvgIpc) is 3.16. The van der Waals surface area contributed by atoms with Crippen molar-refractivity contribution in [2.24, 2.45) is 0 Å². The van der Waals surface area contributed by atoms with E-state index in [1.165, 1.54) is 29.8 Å². The molecule has 2 N–H and O–H groups in total. The molecule has 1 saturated heterocycles. The Labute approximate surface area is 193 Å². The molecule has 1 aliphatic carbocycles. The van der Waals surface area contributed by atoms with Gasteiger partial charge in [-0.1, -0.05) is 6.07 Å². The number of fused-ring (bicyclic) bond motifs is 1. The lowest BCUT2D eigenvalue weighted by Crippen LogP contribution is -2.52. The van der Waals surface area contributed by atoms with Crippen molar-refractivity contribution in [1.82, 2.24) is 10.2 Å². The molecule has 9 heteroatoms. The van der Waals surface area contributed by atoms with Gasteiger partial charge in [-0.3, -0.25) is 10.1 Å². The first kappa shape index (κ1) is 22.8. The number of nitro benzene ring substituents is 1. The highest BCUT2D eigenvalue weighted by atomic mass is 16.6. The van der Waals surface area contributed by atoms with Gasteiger partial charge < -0.3 is 25.0 Å². The zero-order valence-electron chi connectivity index (χ0n) is 19.2. The molecular formula is C24H30N4O5. The van der Waals surface area contributed by atoms with E-state index in [0.717, 1.165) is 43.7 Å². The number of likely N-dealkylation sites (N-methyl/N-ethyl adjacent to an activating group) is 1.